The molecule has 0 bridgehead atoms. The highest BCUT2D eigenvalue weighted by Crippen LogP contribution is 2.18. The molecule has 1 heterocycles. The molecule has 6 nitrogen and oxygen atoms in total. The van der Waals surface area contributed by atoms with Crippen LogP contribution in [-0.4, -0.2) is 28.1 Å². The van der Waals surface area contributed by atoms with E-state index in [0.717, 1.165) is 16.5 Å². The number of fused-ring (bicyclic) bond motifs is 1. The molecule has 3 rings (SSSR count). The Morgan fingerprint density at radius 3 is 2.60 bits per heavy atom. The molecule has 0 atom stereocenters. The van der Waals surface area contributed by atoms with Gasteiger partial charge in [-0.05, 0) is 42.8 Å². The Labute approximate surface area is 145 Å². The number of hydrogen-bond donors (Lipinski definition) is 2. The number of nitrogens with zero attached hydrogens (tertiary/aromatic N) is 2. The summed E-state index contributed by atoms with van der Waals surface area (Å²) in [5, 5.41) is 11.8. The number of benzene rings is 2. The third-order valence-corrected chi connectivity index (χ3v) is 3.88. The number of amides is 2. The van der Waals surface area contributed by atoms with Gasteiger partial charge in [-0.15, -0.1) is 0 Å². The van der Waals surface area contributed by atoms with E-state index < -0.39 is 0 Å². The fourth-order valence-corrected chi connectivity index (χ4v) is 2.69. The van der Waals surface area contributed by atoms with Gasteiger partial charge >= 0.3 is 0 Å². The lowest BCUT2D eigenvalue weighted by atomic mass is 10.1. The lowest BCUT2D eigenvalue weighted by Crippen LogP contribution is -2.34. The van der Waals surface area contributed by atoms with E-state index in [2.05, 4.69) is 15.7 Å². The summed E-state index contributed by atoms with van der Waals surface area (Å²) in [6, 6.07) is 15.3. The van der Waals surface area contributed by atoms with Crippen molar-refractivity contribution in [2.75, 3.05) is 11.9 Å². The first-order chi connectivity index (χ1) is 12.1. The van der Waals surface area contributed by atoms with Crippen LogP contribution in [0.25, 0.3) is 10.8 Å². The average molecular weight is 336 g/mol. The number of nitrogens with one attached hydrogen (secondary N) is 2. The van der Waals surface area contributed by atoms with Gasteiger partial charge in [-0.1, -0.05) is 30.3 Å². The molecule has 2 N–H and O–H groups in total. The molecule has 6 heteroatoms. The van der Waals surface area contributed by atoms with Crippen LogP contribution in [0, 0.1) is 6.92 Å². The number of aryl methyl sites for hydroxylation is 2. The molecule has 2 amide bonds. The van der Waals surface area contributed by atoms with E-state index in [1.54, 1.807) is 10.7 Å². The number of carbonyl (C=O) groups excluding carboxylic acids is 2. The maximum absolute atomic E-state index is 12.2. The summed E-state index contributed by atoms with van der Waals surface area (Å²) in [5.41, 5.74) is 1.93. The number of rotatable bonds is 5. The van der Waals surface area contributed by atoms with Gasteiger partial charge < -0.3 is 10.6 Å². The molecule has 0 radical (unpaired) electrons. The van der Waals surface area contributed by atoms with E-state index in [4.69, 9.17) is 0 Å². The van der Waals surface area contributed by atoms with Crippen LogP contribution in [0.1, 0.15) is 23.1 Å². The summed E-state index contributed by atoms with van der Waals surface area (Å²) < 4.78 is 1.62. The van der Waals surface area contributed by atoms with Crippen LogP contribution in [0.3, 0.4) is 0 Å². The largest absolute Gasteiger partial charge is 0.342 e. The molecular formula is C19H20N4O2. The normalized spacial score (nSPS) is 10.6. The highest BCUT2D eigenvalue weighted by Gasteiger charge is 2.14. The zero-order chi connectivity index (χ0) is 17.8. The van der Waals surface area contributed by atoms with Crippen molar-refractivity contribution in [2.24, 2.45) is 0 Å². The molecule has 0 saturated heterocycles. The average Bonchev–Trinajstić information content (AvgIpc) is 3.00. The molecule has 0 aliphatic carbocycles. The third kappa shape index (κ3) is 3.85. The molecule has 128 valence electrons. The van der Waals surface area contributed by atoms with Crippen molar-refractivity contribution in [3.63, 3.8) is 0 Å². The second-order valence-corrected chi connectivity index (χ2v) is 5.78. The fourth-order valence-electron chi connectivity index (χ4n) is 2.69. The van der Waals surface area contributed by atoms with Crippen LogP contribution >= 0.6 is 0 Å². The predicted molar refractivity (Wildman–Crippen MR) is 97.5 cm³/mol. The van der Waals surface area contributed by atoms with Crippen molar-refractivity contribution in [2.45, 2.75) is 20.4 Å². The topological polar surface area (TPSA) is 76.0 Å². The molecule has 0 aliphatic heterocycles. The Morgan fingerprint density at radius 1 is 1.08 bits per heavy atom. The molecule has 0 aliphatic rings. The van der Waals surface area contributed by atoms with E-state index in [1.807, 2.05) is 56.3 Å². The standard InChI is InChI=1S/C19H20N4O2/c1-3-23-17(10-13(2)22-23)19(25)20-12-18(24)21-16-9-8-14-6-4-5-7-15(14)11-16/h4-11H,3,12H2,1-2H3,(H,20,25)(H,21,24). The highest BCUT2D eigenvalue weighted by atomic mass is 16.2. The molecule has 25 heavy (non-hydrogen) atoms. The van der Waals surface area contributed by atoms with Gasteiger partial charge in [0.1, 0.15) is 5.69 Å². The third-order valence-electron chi connectivity index (χ3n) is 3.88. The van der Waals surface area contributed by atoms with Gasteiger partial charge in [0.2, 0.25) is 5.91 Å². The molecular weight excluding hydrogens is 316 g/mol. The number of aromatic nitrogens is 2. The van der Waals surface area contributed by atoms with Crippen molar-refractivity contribution in [1.82, 2.24) is 15.1 Å². The molecule has 0 fully saturated rings. The summed E-state index contributed by atoms with van der Waals surface area (Å²) in [6.45, 7) is 4.24. The first-order valence-corrected chi connectivity index (χ1v) is 8.18. The first-order valence-electron chi connectivity index (χ1n) is 8.18. The van der Waals surface area contributed by atoms with Crippen molar-refractivity contribution in [1.29, 1.82) is 0 Å². The second-order valence-electron chi connectivity index (χ2n) is 5.78. The minimum Gasteiger partial charge on any atom is -0.342 e. The van der Waals surface area contributed by atoms with Crippen molar-refractivity contribution < 1.29 is 9.59 Å². The Morgan fingerprint density at radius 2 is 1.84 bits per heavy atom. The van der Waals surface area contributed by atoms with Crippen LogP contribution in [0.4, 0.5) is 5.69 Å². The second kappa shape index (κ2) is 7.17. The van der Waals surface area contributed by atoms with Crippen molar-refractivity contribution in [3.05, 3.63) is 59.9 Å². The van der Waals surface area contributed by atoms with Crippen LogP contribution in [0.15, 0.2) is 48.5 Å². The summed E-state index contributed by atoms with van der Waals surface area (Å²) >= 11 is 0. The minimum absolute atomic E-state index is 0.0976. The SMILES string of the molecule is CCn1nc(C)cc1C(=O)NCC(=O)Nc1ccc2ccccc2c1. The number of hydrogen-bond acceptors (Lipinski definition) is 3. The Balaban J connectivity index is 1.61. The number of carbonyl (C=O) groups is 2. The van der Waals surface area contributed by atoms with Crippen molar-refractivity contribution in [3.8, 4) is 0 Å². The maximum atomic E-state index is 12.2. The summed E-state index contributed by atoms with van der Waals surface area (Å²) in [5.74, 6) is -0.584. The van der Waals surface area contributed by atoms with E-state index in [0.29, 0.717) is 17.9 Å². The van der Waals surface area contributed by atoms with Gasteiger partial charge in [0.05, 0.1) is 12.2 Å². The molecule has 0 saturated carbocycles. The fraction of sp³-hybridized carbons (Fsp3) is 0.211. The Kier molecular flexibility index (Phi) is 4.79. The van der Waals surface area contributed by atoms with Crippen LogP contribution in [-0.2, 0) is 11.3 Å². The van der Waals surface area contributed by atoms with Gasteiger partial charge in [-0.25, -0.2) is 0 Å². The van der Waals surface area contributed by atoms with E-state index in [-0.39, 0.29) is 18.4 Å². The monoisotopic (exact) mass is 336 g/mol. The molecule has 0 unspecified atom stereocenters. The van der Waals surface area contributed by atoms with Gasteiger partial charge in [-0.2, -0.15) is 5.10 Å². The Hall–Kier alpha value is -3.15. The lowest BCUT2D eigenvalue weighted by Gasteiger charge is -2.08. The minimum atomic E-state index is -0.309. The van der Waals surface area contributed by atoms with Gasteiger partial charge in [-0.3, -0.25) is 14.3 Å². The molecule has 1 aromatic heterocycles. The predicted octanol–water partition coefficient (Wildman–Crippen LogP) is 2.73. The summed E-state index contributed by atoms with van der Waals surface area (Å²) in [7, 11) is 0. The van der Waals surface area contributed by atoms with Crippen LogP contribution < -0.4 is 10.6 Å². The molecule has 2 aromatic carbocycles. The Bertz CT molecular complexity index is 930. The van der Waals surface area contributed by atoms with Gasteiger partial charge in [0.15, 0.2) is 0 Å². The highest BCUT2D eigenvalue weighted by molar-refractivity contribution is 5.99. The smallest absolute Gasteiger partial charge is 0.269 e. The van der Waals surface area contributed by atoms with Crippen LogP contribution in [0.5, 0.6) is 0 Å². The van der Waals surface area contributed by atoms with Gasteiger partial charge in [0.25, 0.3) is 5.91 Å². The number of anilines is 1. The lowest BCUT2D eigenvalue weighted by molar-refractivity contribution is -0.115. The van der Waals surface area contributed by atoms with Crippen molar-refractivity contribution >= 4 is 28.3 Å². The maximum Gasteiger partial charge on any atom is 0.269 e. The zero-order valence-electron chi connectivity index (χ0n) is 14.2. The molecule has 0 spiro atoms. The summed E-state index contributed by atoms with van der Waals surface area (Å²) in [6.07, 6.45) is 0. The quantitative estimate of drug-likeness (QED) is 0.752. The van der Waals surface area contributed by atoms with Gasteiger partial charge in [0, 0.05) is 12.2 Å². The first kappa shape index (κ1) is 16.7. The zero-order valence-corrected chi connectivity index (χ0v) is 14.2. The summed E-state index contributed by atoms with van der Waals surface area (Å²) in [4.78, 5) is 24.3. The van der Waals surface area contributed by atoms with Crippen LogP contribution in [0.2, 0.25) is 0 Å². The van der Waals surface area contributed by atoms with E-state index in [1.165, 1.54) is 0 Å². The van der Waals surface area contributed by atoms with E-state index in [9.17, 15) is 9.59 Å². The van der Waals surface area contributed by atoms with E-state index >= 15 is 0 Å². The molecule has 3 aromatic rings.